The molecular formula is C13H19FN2O. The zero-order valence-corrected chi connectivity index (χ0v) is 10.4. The quantitative estimate of drug-likeness (QED) is 0.869. The summed E-state index contributed by atoms with van der Waals surface area (Å²) in [7, 11) is 2.07. The van der Waals surface area contributed by atoms with Crippen LogP contribution in [0.25, 0.3) is 0 Å². The van der Waals surface area contributed by atoms with Crippen LogP contribution in [-0.4, -0.2) is 38.2 Å². The predicted octanol–water partition coefficient (Wildman–Crippen LogP) is 1.80. The number of halogens is 1. The van der Waals surface area contributed by atoms with Gasteiger partial charge in [-0.1, -0.05) is 6.07 Å². The van der Waals surface area contributed by atoms with Gasteiger partial charge in [0.1, 0.15) is 0 Å². The van der Waals surface area contributed by atoms with Crippen molar-refractivity contribution in [3.63, 3.8) is 0 Å². The summed E-state index contributed by atoms with van der Waals surface area (Å²) < 4.78 is 19.0. The normalized spacial score (nSPS) is 21.5. The molecule has 0 saturated carbocycles. The molecule has 0 amide bonds. The summed E-state index contributed by atoms with van der Waals surface area (Å²) in [5, 5.41) is 3.33. The molecule has 1 aliphatic heterocycles. The van der Waals surface area contributed by atoms with Gasteiger partial charge >= 0.3 is 0 Å². The maximum absolute atomic E-state index is 13.8. The standard InChI is InChI=1S/C13H19FN2O/c1-3-17-13-5-4-10(8-11(13)14)12-9-15-6-7-16(12)2/h4-5,8,12,15H,3,6-7,9H2,1-2H3. The number of rotatable bonds is 3. The van der Waals surface area contributed by atoms with Gasteiger partial charge in [0.2, 0.25) is 0 Å². The predicted molar refractivity (Wildman–Crippen MR) is 65.8 cm³/mol. The molecular weight excluding hydrogens is 219 g/mol. The first-order chi connectivity index (χ1) is 8.22. The van der Waals surface area contributed by atoms with Gasteiger partial charge in [-0.2, -0.15) is 0 Å². The largest absolute Gasteiger partial charge is 0.491 e. The third kappa shape index (κ3) is 2.76. The van der Waals surface area contributed by atoms with E-state index in [9.17, 15) is 4.39 Å². The smallest absolute Gasteiger partial charge is 0.165 e. The Morgan fingerprint density at radius 3 is 3.00 bits per heavy atom. The van der Waals surface area contributed by atoms with Crippen LogP contribution in [0, 0.1) is 5.82 Å². The molecule has 4 heteroatoms. The van der Waals surface area contributed by atoms with E-state index in [1.54, 1.807) is 12.1 Å². The van der Waals surface area contributed by atoms with E-state index in [1.165, 1.54) is 0 Å². The van der Waals surface area contributed by atoms with E-state index in [2.05, 4.69) is 17.3 Å². The molecule has 1 unspecified atom stereocenters. The highest BCUT2D eigenvalue weighted by molar-refractivity contribution is 5.31. The minimum absolute atomic E-state index is 0.244. The number of piperazine rings is 1. The second-order valence-corrected chi connectivity index (χ2v) is 4.32. The second-order valence-electron chi connectivity index (χ2n) is 4.32. The fourth-order valence-corrected chi connectivity index (χ4v) is 2.18. The molecule has 1 aromatic carbocycles. The summed E-state index contributed by atoms with van der Waals surface area (Å²) in [4.78, 5) is 2.24. The molecule has 0 aliphatic carbocycles. The van der Waals surface area contributed by atoms with Gasteiger partial charge in [0, 0.05) is 25.7 Å². The lowest BCUT2D eigenvalue weighted by molar-refractivity contribution is 0.201. The number of nitrogens with one attached hydrogen (secondary N) is 1. The Hall–Kier alpha value is -1.13. The van der Waals surface area contributed by atoms with Gasteiger partial charge in [-0.05, 0) is 31.7 Å². The van der Waals surface area contributed by atoms with Crippen molar-refractivity contribution in [2.75, 3.05) is 33.3 Å². The highest BCUT2D eigenvalue weighted by Crippen LogP contribution is 2.25. The first kappa shape index (κ1) is 12.3. The minimum atomic E-state index is -0.275. The van der Waals surface area contributed by atoms with E-state index in [4.69, 9.17) is 4.74 Å². The molecule has 17 heavy (non-hydrogen) atoms. The number of likely N-dealkylation sites (N-methyl/N-ethyl adjacent to an activating group) is 1. The molecule has 1 saturated heterocycles. The van der Waals surface area contributed by atoms with Crippen LogP contribution < -0.4 is 10.1 Å². The number of hydrogen-bond acceptors (Lipinski definition) is 3. The Kier molecular flexibility index (Phi) is 3.97. The van der Waals surface area contributed by atoms with Gasteiger partial charge < -0.3 is 10.1 Å². The van der Waals surface area contributed by atoms with Crippen LogP contribution >= 0.6 is 0 Å². The van der Waals surface area contributed by atoms with Crippen molar-refractivity contribution in [3.8, 4) is 5.75 Å². The third-order valence-corrected chi connectivity index (χ3v) is 3.15. The van der Waals surface area contributed by atoms with Gasteiger partial charge in [-0.15, -0.1) is 0 Å². The molecule has 1 heterocycles. The topological polar surface area (TPSA) is 24.5 Å². The monoisotopic (exact) mass is 238 g/mol. The lowest BCUT2D eigenvalue weighted by Crippen LogP contribution is -2.43. The summed E-state index contributed by atoms with van der Waals surface area (Å²) in [5.74, 6) is 0.0611. The fourth-order valence-electron chi connectivity index (χ4n) is 2.18. The van der Waals surface area contributed by atoms with Gasteiger partial charge in [0.15, 0.2) is 11.6 Å². The van der Waals surface area contributed by atoms with E-state index in [0.29, 0.717) is 12.4 Å². The van der Waals surface area contributed by atoms with Crippen LogP contribution in [0.1, 0.15) is 18.5 Å². The van der Waals surface area contributed by atoms with E-state index < -0.39 is 0 Å². The van der Waals surface area contributed by atoms with Crippen LogP contribution in [0.2, 0.25) is 0 Å². The van der Waals surface area contributed by atoms with Crippen molar-refractivity contribution in [1.82, 2.24) is 10.2 Å². The first-order valence-electron chi connectivity index (χ1n) is 6.05. The number of hydrogen-bond donors (Lipinski definition) is 1. The van der Waals surface area contributed by atoms with Crippen molar-refractivity contribution in [2.45, 2.75) is 13.0 Å². The minimum Gasteiger partial charge on any atom is -0.491 e. The molecule has 2 rings (SSSR count). The van der Waals surface area contributed by atoms with Crippen LogP contribution in [0.3, 0.4) is 0 Å². The van der Waals surface area contributed by atoms with Crippen molar-refractivity contribution in [2.24, 2.45) is 0 Å². The number of nitrogens with zero attached hydrogens (tertiary/aromatic N) is 1. The molecule has 1 fully saturated rings. The lowest BCUT2D eigenvalue weighted by atomic mass is 10.0. The molecule has 1 aromatic rings. The Morgan fingerprint density at radius 1 is 1.53 bits per heavy atom. The molecule has 94 valence electrons. The maximum Gasteiger partial charge on any atom is 0.165 e. The zero-order chi connectivity index (χ0) is 12.3. The van der Waals surface area contributed by atoms with Gasteiger partial charge in [-0.3, -0.25) is 4.90 Å². The second kappa shape index (κ2) is 5.47. The summed E-state index contributed by atoms with van der Waals surface area (Å²) >= 11 is 0. The number of benzene rings is 1. The van der Waals surface area contributed by atoms with Crippen molar-refractivity contribution >= 4 is 0 Å². The Bertz CT molecular complexity index is 384. The molecule has 0 radical (unpaired) electrons. The van der Waals surface area contributed by atoms with E-state index in [0.717, 1.165) is 25.2 Å². The molecule has 1 aliphatic rings. The van der Waals surface area contributed by atoms with Crippen molar-refractivity contribution in [1.29, 1.82) is 0 Å². The third-order valence-electron chi connectivity index (χ3n) is 3.15. The Morgan fingerprint density at radius 2 is 2.35 bits per heavy atom. The lowest BCUT2D eigenvalue weighted by Gasteiger charge is -2.33. The highest BCUT2D eigenvalue weighted by atomic mass is 19.1. The highest BCUT2D eigenvalue weighted by Gasteiger charge is 2.21. The SMILES string of the molecule is CCOc1ccc(C2CNCCN2C)cc1F. The van der Waals surface area contributed by atoms with Crippen molar-refractivity contribution in [3.05, 3.63) is 29.6 Å². The van der Waals surface area contributed by atoms with Crippen LogP contribution in [0.4, 0.5) is 4.39 Å². The molecule has 0 spiro atoms. The average Bonchev–Trinajstić information content (AvgIpc) is 2.33. The Balaban J connectivity index is 2.18. The molecule has 0 bridgehead atoms. The molecule has 3 nitrogen and oxygen atoms in total. The zero-order valence-electron chi connectivity index (χ0n) is 10.4. The molecule has 1 N–H and O–H groups in total. The van der Waals surface area contributed by atoms with Crippen molar-refractivity contribution < 1.29 is 9.13 Å². The van der Waals surface area contributed by atoms with Gasteiger partial charge in [0.05, 0.1) is 6.61 Å². The summed E-state index contributed by atoms with van der Waals surface area (Å²) in [6.07, 6.45) is 0. The van der Waals surface area contributed by atoms with E-state index >= 15 is 0 Å². The van der Waals surface area contributed by atoms with E-state index in [1.807, 2.05) is 13.0 Å². The molecule has 0 aromatic heterocycles. The van der Waals surface area contributed by atoms with Crippen LogP contribution in [-0.2, 0) is 0 Å². The molecule has 1 atom stereocenters. The van der Waals surface area contributed by atoms with Gasteiger partial charge in [0.25, 0.3) is 0 Å². The first-order valence-corrected chi connectivity index (χ1v) is 6.05. The summed E-state index contributed by atoms with van der Waals surface area (Å²) in [6.45, 7) is 5.18. The summed E-state index contributed by atoms with van der Waals surface area (Å²) in [6, 6.07) is 5.49. The van der Waals surface area contributed by atoms with Crippen LogP contribution in [0.15, 0.2) is 18.2 Å². The summed E-state index contributed by atoms with van der Waals surface area (Å²) in [5.41, 5.74) is 1.00. The average molecular weight is 238 g/mol. The maximum atomic E-state index is 13.8. The Labute approximate surface area is 102 Å². The van der Waals surface area contributed by atoms with Gasteiger partial charge in [-0.25, -0.2) is 4.39 Å². The number of ether oxygens (including phenoxy) is 1. The van der Waals surface area contributed by atoms with E-state index in [-0.39, 0.29) is 11.9 Å². The van der Waals surface area contributed by atoms with Crippen LogP contribution in [0.5, 0.6) is 5.75 Å². The fraction of sp³-hybridized carbons (Fsp3) is 0.538.